The fraction of sp³-hybridized carbons (Fsp3) is 0.529. The lowest BCUT2D eigenvalue weighted by atomic mass is 10.2. The molecule has 0 amide bonds. The zero-order valence-electron chi connectivity index (χ0n) is 13.4. The van der Waals surface area contributed by atoms with Crippen LogP contribution in [0.5, 0.6) is 0 Å². The van der Waals surface area contributed by atoms with Gasteiger partial charge in [0.2, 0.25) is 11.9 Å². The van der Waals surface area contributed by atoms with Gasteiger partial charge in [-0.1, -0.05) is 0 Å². The van der Waals surface area contributed by atoms with E-state index >= 15 is 0 Å². The third-order valence-corrected chi connectivity index (χ3v) is 4.51. The fourth-order valence-corrected chi connectivity index (χ4v) is 2.62. The highest BCUT2D eigenvalue weighted by Crippen LogP contribution is 2.34. The van der Waals surface area contributed by atoms with Crippen LogP contribution in [0.2, 0.25) is 0 Å². The minimum Gasteiger partial charge on any atom is -0.354 e. The lowest BCUT2D eigenvalue weighted by Gasteiger charge is -2.14. The molecule has 2 aromatic heterocycles. The van der Waals surface area contributed by atoms with Crippen molar-refractivity contribution in [2.45, 2.75) is 38.6 Å². The van der Waals surface area contributed by atoms with Gasteiger partial charge in [0.25, 0.3) is 0 Å². The van der Waals surface area contributed by atoms with Crippen LogP contribution in [0.4, 0.5) is 11.9 Å². The van der Waals surface area contributed by atoms with E-state index in [1.807, 2.05) is 12.1 Å². The van der Waals surface area contributed by atoms with Crippen LogP contribution in [0.1, 0.15) is 32.6 Å². The first-order valence-corrected chi connectivity index (χ1v) is 8.45. The summed E-state index contributed by atoms with van der Waals surface area (Å²) in [6, 6.07) is 4.25. The summed E-state index contributed by atoms with van der Waals surface area (Å²) >= 11 is 0. The quantitative estimate of drug-likeness (QED) is 0.819. The Kier molecular flexibility index (Phi) is 3.81. The predicted octanol–water partition coefficient (Wildman–Crippen LogP) is 2.97. The van der Waals surface area contributed by atoms with Gasteiger partial charge in [0.1, 0.15) is 0 Å². The zero-order chi connectivity index (χ0) is 15.6. The van der Waals surface area contributed by atoms with Crippen molar-refractivity contribution >= 4 is 11.9 Å². The lowest BCUT2D eigenvalue weighted by Crippen LogP contribution is -2.20. The van der Waals surface area contributed by atoms with Crippen LogP contribution in [0.3, 0.4) is 0 Å². The molecule has 0 bridgehead atoms. The number of anilines is 2. The monoisotopic (exact) mass is 310 g/mol. The summed E-state index contributed by atoms with van der Waals surface area (Å²) in [6.45, 7) is 3.14. The van der Waals surface area contributed by atoms with Crippen molar-refractivity contribution in [2.75, 3.05) is 17.2 Å². The van der Waals surface area contributed by atoms with Gasteiger partial charge in [-0.2, -0.15) is 15.0 Å². The van der Waals surface area contributed by atoms with Crippen molar-refractivity contribution in [1.82, 2.24) is 19.9 Å². The molecule has 2 N–H and O–H groups in total. The van der Waals surface area contributed by atoms with Crippen molar-refractivity contribution < 1.29 is 0 Å². The number of pyridine rings is 1. The predicted molar refractivity (Wildman–Crippen MR) is 90.1 cm³/mol. The maximum atomic E-state index is 4.60. The van der Waals surface area contributed by atoms with Crippen molar-refractivity contribution in [3.63, 3.8) is 0 Å². The second kappa shape index (κ2) is 6.10. The molecule has 2 aromatic rings. The van der Waals surface area contributed by atoms with Crippen LogP contribution < -0.4 is 10.6 Å². The Morgan fingerprint density at radius 3 is 2.48 bits per heavy atom. The van der Waals surface area contributed by atoms with Gasteiger partial charge in [-0.3, -0.25) is 4.98 Å². The molecule has 0 saturated heterocycles. The van der Waals surface area contributed by atoms with E-state index in [0.29, 0.717) is 23.8 Å². The Balaban J connectivity index is 1.59. The van der Waals surface area contributed by atoms with Crippen LogP contribution in [-0.4, -0.2) is 32.5 Å². The van der Waals surface area contributed by atoms with Crippen molar-refractivity contribution in [2.24, 2.45) is 11.8 Å². The summed E-state index contributed by atoms with van der Waals surface area (Å²) in [6.07, 6.45) is 8.72. The van der Waals surface area contributed by atoms with Crippen LogP contribution in [0, 0.1) is 11.8 Å². The summed E-state index contributed by atoms with van der Waals surface area (Å²) in [7, 11) is 0. The SMILES string of the molecule is C[C@@H](Nc1nc(NCC2CC2)nc(-c2ccncc2)n1)C1CC1. The standard InChI is InChI=1S/C17H22N6/c1-11(13-4-5-13)20-17-22-15(14-6-8-18-9-7-14)21-16(23-17)19-10-12-2-3-12/h6-9,11-13H,2-5,10H2,1H3,(H2,19,20,21,22,23)/t11-/m1/s1. The van der Waals surface area contributed by atoms with E-state index in [9.17, 15) is 0 Å². The molecule has 2 aliphatic carbocycles. The van der Waals surface area contributed by atoms with Crippen molar-refractivity contribution in [1.29, 1.82) is 0 Å². The van der Waals surface area contributed by atoms with Crippen molar-refractivity contribution in [3.05, 3.63) is 24.5 Å². The molecule has 6 heteroatoms. The summed E-state index contributed by atoms with van der Waals surface area (Å²) in [5.74, 6) is 3.52. The molecule has 0 aromatic carbocycles. The Bertz CT molecular complexity index is 666. The van der Waals surface area contributed by atoms with Crippen LogP contribution in [0.15, 0.2) is 24.5 Å². The third-order valence-electron chi connectivity index (χ3n) is 4.51. The molecule has 0 radical (unpaired) electrons. The van der Waals surface area contributed by atoms with Gasteiger partial charge in [-0.15, -0.1) is 0 Å². The van der Waals surface area contributed by atoms with Gasteiger partial charge in [0.05, 0.1) is 0 Å². The van der Waals surface area contributed by atoms with Gasteiger partial charge >= 0.3 is 0 Å². The number of nitrogens with zero attached hydrogens (tertiary/aromatic N) is 4. The highest BCUT2D eigenvalue weighted by molar-refractivity contribution is 5.57. The average molecular weight is 310 g/mol. The Morgan fingerprint density at radius 2 is 1.78 bits per heavy atom. The number of hydrogen-bond acceptors (Lipinski definition) is 6. The molecular weight excluding hydrogens is 288 g/mol. The molecule has 2 aliphatic rings. The molecule has 2 fully saturated rings. The summed E-state index contributed by atoms with van der Waals surface area (Å²) < 4.78 is 0. The number of nitrogens with one attached hydrogen (secondary N) is 2. The van der Waals surface area contributed by atoms with Crippen LogP contribution in [0.25, 0.3) is 11.4 Å². The Labute approximate surface area is 136 Å². The highest BCUT2D eigenvalue weighted by Gasteiger charge is 2.28. The molecule has 4 rings (SSSR count). The second-order valence-corrected chi connectivity index (χ2v) is 6.64. The number of rotatable bonds is 7. The smallest absolute Gasteiger partial charge is 0.228 e. The minimum absolute atomic E-state index is 0.402. The van der Waals surface area contributed by atoms with Gasteiger partial charge in [-0.25, -0.2) is 0 Å². The molecule has 2 heterocycles. The van der Waals surface area contributed by atoms with E-state index < -0.39 is 0 Å². The largest absolute Gasteiger partial charge is 0.354 e. The van der Waals surface area contributed by atoms with Gasteiger partial charge in [0.15, 0.2) is 5.82 Å². The summed E-state index contributed by atoms with van der Waals surface area (Å²) in [5.41, 5.74) is 0.957. The van der Waals surface area contributed by atoms with E-state index in [-0.39, 0.29) is 0 Å². The molecule has 0 spiro atoms. The summed E-state index contributed by atoms with van der Waals surface area (Å²) in [4.78, 5) is 17.8. The first-order valence-electron chi connectivity index (χ1n) is 8.45. The summed E-state index contributed by atoms with van der Waals surface area (Å²) in [5, 5.41) is 6.80. The first-order chi connectivity index (χ1) is 11.3. The van der Waals surface area contributed by atoms with E-state index in [2.05, 4.69) is 37.5 Å². The fourth-order valence-electron chi connectivity index (χ4n) is 2.62. The first kappa shape index (κ1) is 14.4. The second-order valence-electron chi connectivity index (χ2n) is 6.64. The Morgan fingerprint density at radius 1 is 1.04 bits per heavy atom. The van der Waals surface area contributed by atoms with Crippen LogP contribution >= 0.6 is 0 Å². The lowest BCUT2D eigenvalue weighted by molar-refractivity contribution is 0.685. The Hall–Kier alpha value is -2.24. The molecule has 6 nitrogen and oxygen atoms in total. The number of hydrogen-bond donors (Lipinski definition) is 2. The van der Waals surface area contributed by atoms with E-state index in [0.717, 1.165) is 23.9 Å². The van der Waals surface area contributed by atoms with Crippen LogP contribution in [-0.2, 0) is 0 Å². The van der Waals surface area contributed by atoms with Gasteiger partial charge < -0.3 is 10.6 Å². The van der Waals surface area contributed by atoms with Gasteiger partial charge in [0, 0.05) is 30.5 Å². The van der Waals surface area contributed by atoms with Gasteiger partial charge in [-0.05, 0) is 56.6 Å². The minimum atomic E-state index is 0.402. The molecule has 23 heavy (non-hydrogen) atoms. The normalized spacial score (nSPS) is 18.5. The molecular formula is C17H22N6. The third kappa shape index (κ3) is 3.75. The topological polar surface area (TPSA) is 75.6 Å². The molecule has 0 unspecified atom stereocenters. The maximum Gasteiger partial charge on any atom is 0.228 e. The molecule has 2 saturated carbocycles. The zero-order valence-corrected chi connectivity index (χ0v) is 13.4. The average Bonchev–Trinajstić information content (AvgIpc) is 3.47. The van der Waals surface area contributed by atoms with E-state index in [4.69, 9.17) is 0 Å². The molecule has 0 aliphatic heterocycles. The molecule has 1 atom stereocenters. The maximum absolute atomic E-state index is 4.60. The number of aromatic nitrogens is 4. The highest BCUT2D eigenvalue weighted by atomic mass is 15.2. The molecule has 120 valence electrons. The van der Waals surface area contributed by atoms with E-state index in [1.54, 1.807) is 12.4 Å². The van der Waals surface area contributed by atoms with E-state index in [1.165, 1.54) is 25.7 Å². The van der Waals surface area contributed by atoms with Crippen molar-refractivity contribution in [3.8, 4) is 11.4 Å².